The Morgan fingerprint density at radius 2 is 1.86 bits per heavy atom. The Kier molecular flexibility index (Phi) is 6.08. The fourth-order valence-corrected chi connectivity index (χ4v) is 2.90. The van der Waals surface area contributed by atoms with Gasteiger partial charge in [0.25, 0.3) is 0 Å². The minimum absolute atomic E-state index is 0.00120. The molecule has 1 heterocycles. The van der Waals surface area contributed by atoms with Crippen molar-refractivity contribution in [3.8, 4) is 11.1 Å². The van der Waals surface area contributed by atoms with E-state index in [1.165, 1.54) is 6.07 Å². The van der Waals surface area contributed by atoms with E-state index in [2.05, 4.69) is 15.6 Å². The van der Waals surface area contributed by atoms with Crippen molar-refractivity contribution in [2.24, 2.45) is 0 Å². The van der Waals surface area contributed by atoms with Gasteiger partial charge in [-0.1, -0.05) is 35.9 Å². The van der Waals surface area contributed by atoms with Gasteiger partial charge in [-0.2, -0.15) is 13.2 Å². The van der Waals surface area contributed by atoms with Crippen molar-refractivity contribution in [2.45, 2.75) is 19.6 Å². The van der Waals surface area contributed by atoms with E-state index in [4.69, 9.17) is 11.6 Å². The Morgan fingerprint density at radius 1 is 1.07 bits per heavy atom. The molecule has 0 bridgehead atoms. The lowest BCUT2D eigenvalue weighted by Gasteiger charge is -2.12. The fourth-order valence-electron chi connectivity index (χ4n) is 2.68. The number of urea groups is 1. The van der Waals surface area contributed by atoms with Crippen molar-refractivity contribution in [1.82, 2.24) is 10.3 Å². The monoisotopic (exact) mass is 419 g/mol. The quantitative estimate of drug-likeness (QED) is 0.540. The molecule has 2 N–H and O–H groups in total. The molecule has 4 nitrogen and oxygen atoms in total. The summed E-state index contributed by atoms with van der Waals surface area (Å²) in [6.07, 6.45) is -2.83. The standard InChI is InChI=1S/C21H17ClF3N3O/c1-13-5-6-16(12-26-13)15-4-2-3-14(9-15)11-27-20(29)28-17-7-8-19(22)18(10-17)21(23,24)25/h2-10,12H,11H2,1H3,(H2,27,28,29). The zero-order valence-corrected chi connectivity index (χ0v) is 16.1. The number of amides is 2. The third kappa shape index (κ3) is 5.48. The van der Waals surface area contributed by atoms with Gasteiger partial charge in [0.1, 0.15) is 0 Å². The number of aromatic nitrogens is 1. The van der Waals surface area contributed by atoms with Gasteiger partial charge < -0.3 is 10.6 Å². The number of pyridine rings is 1. The second kappa shape index (κ2) is 8.53. The zero-order chi connectivity index (χ0) is 21.0. The van der Waals surface area contributed by atoms with Crippen LogP contribution in [-0.2, 0) is 12.7 Å². The number of alkyl halides is 3. The van der Waals surface area contributed by atoms with E-state index in [9.17, 15) is 18.0 Å². The summed E-state index contributed by atoms with van der Waals surface area (Å²) in [5.74, 6) is 0. The van der Waals surface area contributed by atoms with Crippen LogP contribution in [-0.4, -0.2) is 11.0 Å². The smallest absolute Gasteiger partial charge is 0.334 e. The number of carbonyl (C=O) groups is 1. The highest BCUT2D eigenvalue weighted by Crippen LogP contribution is 2.36. The lowest BCUT2D eigenvalue weighted by atomic mass is 10.0. The Balaban J connectivity index is 1.64. The molecule has 0 fully saturated rings. The predicted molar refractivity (Wildman–Crippen MR) is 107 cm³/mol. The fraction of sp³-hybridized carbons (Fsp3) is 0.143. The van der Waals surface area contributed by atoms with Crippen molar-refractivity contribution in [3.05, 3.63) is 82.6 Å². The minimum atomic E-state index is -4.60. The largest absolute Gasteiger partial charge is 0.417 e. The topological polar surface area (TPSA) is 54.0 Å². The summed E-state index contributed by atoms with van der Waals surface area (Å²) in [4.78, 5) is 16.3. The number of halogens is 4. The van der Waals surface area contributed by atoms with Gasteiger partial charge >= 0.3 is 12.2 Å². The molecule has 0 spiro atoms. The van der Waals surface area contributed by atoms with Crippen LogP contribution in [0.15, 0.2) is 60.8 Å². The maximum atomic E-state index is 12.9. The molecule has 3 rings (SSSR count). The number of carbonyl (C=O) groups excluding carboxylic acids is 1. The molecule has 0 aliphatic rings. The lowest BCUT2D eigenvalue weighted by Crippen LogP contribution is -2.28. The number of rotatable bonds is 4. The Bertz CT molecular complexity index is 1020. The molecule has 2 amide bonds. The van der Waals surface area contributed by atoms with Crippen LogP contribution in [0.5, 0.6) is 0 Å². The average molecular weight is 420 g/mol. The summed E-state index contributed by atoms with van der Waals surface area (Å²) in [5, 5.41) is 4.59. The number of hydrogen-bond donors (Lipinski definition) is 2. The molecule has 2 aromatic carbocycles. The maximum absolute atomic E-state index is 12.9. The van der Waals surface area contributed by atoms with Crippen LogP contribution in [0, 0.1) is 6.92 Å². The molecule has 1 aromatic heterocycles. The van der Waals surface area contributed by atoms with E-state index in [-0.39, 0.29) is 12.2 Å². The van der Waals surface area contributed by atoms with Gasteiger partial charge in [0.2, 0.25) is 0 Å². The summed E-state index contributed by atoms with van der Waals surface area (Å²) in [5.41, 5.74) is 2.65. The molecule has 0 aliphatic heterocycles. The first kappa shape index (κ1) is 20.7. The minimum Gasteiger partial charge on any atom is -0.334 e. The van der Waals surface area contributed by atoms with Crippen molar-refractivity contribution >= 4 is 23.3 Å². The van der Waals surface area contributed by atoms with Gasteiger partial charge in [0.05, 0.1) is 10.6 Å². The lowest BCUT2D eigenvalue weighted by molar-refractivity contribution is -0.137. The first-order valence-electron chi connectivity index (χ1n) is 8.66. The van der Waals surface area contributed by atoms with E-state index in [1.807, 2.05) is 43.3 Å². The molecule has 3 aromatic rings. The van der Waals surface area contributed by atoms with Gasteiger partial charge in [-0.25, -0.2) is 4.79 Å². The normalized spacial score (nSPS) is 11.2. The van der Waals surface area contributed by atoms with Crippen LogP contribution in [0.2, 0.25) is 5.02 Å². The number of hydrogen-bond acceptors (Lipinski definition) is 2. The van der Waals surface area contributed by atoms with Crippen molar-refractivity contribution < 1.29 is 18.0 Å². The summed E-state index contributed by atoms with van der Waals surface area (Å²) >= 11 is 5.58. The number of benzene rings is 2. The average Bonchev–Trinajstić information content (AvgIpc) is 2.68. The van der Waals surface area contributed by atoms with Crippen molar-refractivity contribution in [1.29, 1.82) is 0 Å². The van der Waals surface area contributed by atoms with Crippen molar-refractivity contribution in [2.75, 3.05) is 5.32 Å². The van der Waals surface area contributed by atoms with Gasteiger partial charge in [0, 0.05) is 29.7 Å². The number of nitrogens with zero attached hydrogens (tertiary/aromatic N) is 1. The van der Waals surface area contributed by atoms with Crippen LogP contribution in [0.4, 0.5) is 23.7 Å². The molecule has 8 heteroatoms. The molecule has 0 unspecified atom stereocenters. The number of anilines is 1. The van der Waals surface area contributed by atoms with Gasteiger partial charge in [-0.15, -0.1) is 0 Å². The van der Waals surface area contributed by atoms with Crippen molar-refractivity contribution in [3.63, 3.8) is 0 Å². The first-order chi connectivity index (χ1) is 13.7. The van der Waals surface area contributed by atoms with Crippen LogP contribution in [0.1, 0.15) is 16.8 Å². The van der Waals surface area contributed by atoms with Crippen LogP contribution in [0.25, 0.3) is 11.1 Å². The zero-order valence-electron chi connectivity index (χ0n) is 15.3. The highest BCUT2D eigenvalue weighted by Gasteiger charge is 2.33. The second-order valence-corrected chi connectivity index (χ2v) is 6.80. The van der Waals surface area contributed by atoms with Crippen LogP contribution >= 0.6 is 11.6 Å². The second-order valence-electron chi connectivity index (χ2n) is 6.39. The molecule has 0 saturated carbocycles. The molecule has 0 saturated heterocycles. The van der Waals surface area contributed by atoms with Gasteiger partial charge in [-0.3, -0.25) is 4.98 Å². The molecular weight excluding hydrogens is 403 g/mol. The van der Waals surface area contributed by atoms with E-state index in [1.54, 1.807) is 6.20 Å². The Labute approximate surface area is 170 Å². The molecule has 150 valence electrons. The molecular formula is C21H17ClF3N3O. The summed E-state index contributed by atoms with van der Waals surface area (Å²) in [6.45, 7) is 2.11. The predicted octanol–water partition coefficient (Wildman–Crippen LogP) is 6.05. The Morgan fingerprint density at radius 3 is 2.55 bits per heavy atom. The highest BCUT2D eigenvalue weighted by atomic mass is 35.5. The van der Waals surface area contributed by atoms with E-state index < -0.39 is 22.8 Å². The van der Waals surface area contributed by atoms with Gasteiger partial charge in [0.15, 0.2) is 0 Å². The SMILES string of the molecule is Cc1ccc(-c2cccc(CNC(=O)Nc3ccc(Cl)c(C(F)(F)F)c3)c2)cn1. The summed E-state index contributed by atoms with van der Waals surface area (Å²) in [6, 6.07) is 14.0. The summed E-state index contributed by atoms with van der Waals surface area (Å²) in [7, 11) is 0. The van der Waals surface area contributed by atoms with E-state index in [0.717, 1.165) is 34.5 Å². The molecule has 0 atom stereocenters. The highest BCUT2D eigenvalue weighted by molar-refractivity contribution is 6.31. The van der Waals surface area contributed by atoms with Crippen LogP contribution in [0.3, 0.4) is 0 Å². The number of aryl methyl sites for hydroxylation is 1. The Hall–Kier alpha value is -3.06. The third-order valence-electron chi connectivity index (χ3n) is 4.15. The summed E-state index contributed by atoms with van der Waals surface area (Å²) < 4.78 is 38.8. The maximum Gasteiger partial charge on any atom is 0.417 e. The number of nitrogens with one attached hydrogen (secondary N) is 2. The third-order valence-corrected chi connectivity index (χ3v) is 4.48. The van der Waals surface area contributed by atoms with Crippen LogP contribution < -0.4 is 10.6 Å². The molecule has 29 heavy (non-hydrogen) atoms. The van der Waals surface area contributed by atoms with E-state index >= 15 is 0 Å². The molecule has 0 radical (unpaired) electrons. The molecule has 0 aliphatic carbocycles. The van der Waals surface area contributed by atoms with Gasteiger partial charge in [-0.05, 0) is 48.4 Å². The van der Waals surface area contributed by atoms with E-state index in [0.29, 0.717) is 0 Å². The first-order valence-corrected chi connectivity index (χ1v) is 9.04.